The highest BCUT2D eigenvalue weighted by molar-refractivity contribution is 5.45. The van der Waals surface area contributed by atoms with Crippen molar-refractivity contribution in [2.75, 3.05) is 19.0 Å². The number of nitrogens with zero attached hydrogens (tertiary/aromatic N) is 1. The van der Waals surface area contributed by atoms with Crippen LogP contribution in [0.5, 0.6) is 5.88 Å². The molecule has 0 amide bonds. The van der Waals surface area contributed by atoms with E-state index in [1.54, 1.807) is 33.2 Å². The van der Waals surface area contributed by atoms with Gasteiger partial charge in [0.25, 0.3) is 0 Å². The van der Waals surface area contributed by atoms with Gasteiger partial charge >= 0.3 is 0 Å². The van der Waals surface area contributed by atoms with E-state index < -0.39 is 5.60 Å². The fourth-order valence-electron chi connectivity index (χ4n) is 0.949. The average Bonchev–Trinajstić information content (AvgIpc) is 2.14. The molecule has 0 saturated carbocycles. The van der Waals surface area contributed by atoms with Crippen LogP contribution in [0, 0.1) is 0 Å². The Kier molecular flexibility index (Phi) is 3.30. The number of anilines is 1. The van der Waals surface area contributed by atoms with Gasteiger partial charge in [-0.3, -0.25) is 0 Å². The molecule has 0 bridgehead atoms. The number of rotatable bonds is 4. The molecule has 1 rings (SSSR count). The molecule has 2 N–H and O–H groups in total. The normalized spacial score (nSPS) is 11.1. The molecule has 78 valence electrons. The zero-order chi connectivity index (χ0) is 10.6. The van der Waals surface area contributed by atoms with Gasteiger partial charge in [-0.1, -0.05) is 0 Å². The molecule has 1 heterocycles. The second-order valence-corrected chi connectivity index (χ2v) is 3.75. The highest BCUT2D eigenvalue weighted by atomic mass is 16.5. The third kappa shape index (κ3) is 3.62. The Labute approximate surface area is 83.9 Å². The van der Waals surface area contributed by atoms with E-state index in [9.17, 15) is 5.11 Å². The zero-order valence-electron chi connectivity index (χ0n) is 8.74. The van der Waals surface area contributed by atoms with Crippen molar-refractivity contribution in [3.8, 4) is 5.88 Å². The lowest BCUT2D eigenvalue weighted by Gasteiger charge is -2.18. The number of aromatic nitrogens is 1. The number of pyridine rings is 1. The van der Waals surface area contributed by atoms with Crippen LogP contribution in [0.4, 0.5) is 5.69 Å². The predicted molar refractivity (Wildman–Crippen MR) is 55.6 cm³/mol. The van der Waals surface area contributed by atoms with E-state index in [1.165, 1.54) is 0 Å². The predicted octanol–water partition coefficient (Wildman–Crippen LogP) is 1.27. The lowest BCUT2D eigenvalue weighted by atomic mass is 10.1. The Hall–Kier alpha value is -1.29. The maximum atomic E-state index is 9.50. The first-order valence-electron chi connectivity index (χ1n) is 4.47. The second-order valence-electron chi connectivity index (χ2n) is 3.75. The molecule has 0 aromatic carbocycles. The molecule has 1 aromatic rings. The molecule has 0 spiro atoms. The van der Waals surface area contributed by atoms with Crippen LogP contribution in [0.25, 0.3) is 0 Å². The van der Waals surface area contributed by atoms with Crippen molar-refractivity contribution in [2.45, 2.75) is 19.4 Å². The van der Waals surface area contributed by atoms with Gasteiger partial charge in [0, 0.05) is 24.5 Å². The number of methoxy groups -OCH3 is 1. The van der Waals surface area contributed by atoms with E-state index in [2.05, 4.69) is 10.3 Å². The number of nitrogens with one attached hydrogen (secondary N) is 1. The average molecular weight is 196 g/mol. The first-order valence-corrected chi connectivity index (χ1v) is 4.47. The van der Waals surface area contributed by atoms with Crippen molar-refractivity contribution in [3.05, 3.63) is 18.3 Å². The molecule has 0 aliphatic carbocycles. The number of hydrogen-bond acceptors (Lipinski definition) is 4. The van der Waals surface area contributed by atoms with Crippen LogP contribution in [0.2, 0.25) is 0 Å². The maximum absolute atomic E-state index is 9.50. The molecule has 0 aliphatic rings. The van der Waals surface area contributed by atoms with Gasteiger partial charge in [0.15, 0.2) is 0 Å². The summed E-state index contributed by atoms with van der Waals surface area (Å²) in [5.74, 6) is 0.561. The molecule has 14 heavy (non-hydrogen) atoms. The fourth-order valence-corrected chi connectivity index (χ4v) is 0.949. The standard InChI is InChI=1S/C10H16N2O2/c1-10(2,13)7-12-8-4-5-11-9(6-8)14-3/h4-6,13H,7H2,1-3H3,(H,11,12). The van der Waals surface area contributed by atoms with Crippen LogP contribution in [0.3, 0.4) is 0 Å². The molecule has 0 saturated heterocycles. The van der Waals surface area contributed by atoms with Crippen molar-refractivity contribution in [3.63, 3.8) is 0 Å². The third-order valence-electron chi connectivity index (χ3n) is 1.67. The third-order valence-corrected chi connectivity index (χ3v) is 1.67. The molecular weight excluding hydrogens is 180 g/mol. The first-order chi connectivity index (χ1) is 6.51. The molecule has 0 unspecified atom stereocenters. The Morgan fingerprint density at radius 1 is 1.57 bits per heavy atom. The molecule has 0 fully saturated rings. The molecule has 0 atom stereocenters. The van der Waals surface area contributed by atoms with Gasteiger partial charge in [-0.2, -0.15) is 0 Å². The minimum absolute atomic E-state index is 0.486. The summed E-state index contributed by atoms with van der Waals surface area (Å²) in [5.41, 5.74) is 0.162. The molecule has 0 aliphatic heterocycles. The SMILES string of the molecule is COc1cc(NCC(C)(C)O)ccn1. The van der Waals surface area contributed by atoms with Crippen molar-refractivity contribution in [1.29, 1.82) is 0 Å². The lowest BCUT2D eigenvalue weighted by molar-refractivity contribution is 0.0945. The lowest BCUT2D eigenvalue weighted by Crippen LogP contribution is -2.29. The van der Waals surface area contributed by atoms with Crippen LogP contribution in [0.1, 0.15) is 13.8 Å². The summed E-state index contributed by atoms with van der Waals surface area (Å²) in [4.78, 5) is 3.98. The minimum Gasteiger partial charge on any atom is -0.481 e. The molecular formula is C10H16N2O2. The largest absolute Gasteiger partial charge is 0.481 e. The van der Waals surface area contributed by atoms with Crippen LogP contribution >= 0.6 is 0 Å². The van der Waals surface area contributed by atoms with Gasteiger partial charge in [0.1, 0.15) is 0 Å². The van der Waals surface area contributed by atoms with Crippen LogP contribution < -0.4 is 10.1 Å². The molecule has 1 aromatic heterocycles. The van der Waals surface area contributed by atoms with Gasteiger partial charge in [-0.15, -0.1) is 0 Å². The van der Waals surface area contributed by atoms with Crippen molar-refractivity contribution >= 4 is 5.69 Å². The van der Waals surface area contributed by atoms with Gasteiger partial charge in [-0.05, 0) is 19.9 Å². The van der Waals surface area contributed by atoms with E-state index in [-0.39, 0.29) is 0 Å². The Morgan fingerprint density at radius 2 is 2.29 bits per heavy atom. The van der Waals surface area contributed by atoms with Crippen LogP contribution in [-0.4, -0.2) is 29.3 Å². The van der Waals surface area contributed by atoms with E-state index in [1.807, 2.05) is 6.07 Å². The molecule has 4 nitrogen and oxygen atoms in total. The smallest absolute Gasteiger partial charge is 0.214 e. The first kappa shape index (κ1) is 10.8. The summed E-state index contributed by atoms with van der Waals surface area (Å²) in [6, 6.07) is 3.61. The monoisotopic (exact) mass is 196 g/mol. The highest BCUT2D eigenvalue weighted by Crippen LogP contribution is 2.14. The van der Waals surface area contributed by atoms with Crippen molar-refractivity contribution in [2.24, 2.45) is 0 Å². The van der Waals surface area contributed by atoms with Crippen molar-refractivity contribution in [1.82, 2.24) is 4.98 Å². The highest BCUT2D eigenvalue weighted by Gasteiger charge is 2.11. The van der Waals surface area contributed by atoms with Gasteiger partial charge in [-0.25, -0.2) is 4.98 Å². The van der Waals surface area contributed by atoms with Gasteiger partial charge < -0.3 is 15.2 Å². The van der Waals surface area contributed by atoms with Gasteiger partial charge in [0.2, 0.25) is 5.88 Å². The fraction of sp³-hybridized carbons (Fsp3) is 0.500. The number of ether oxygens (including phenoxy) is 1. The summed E-state index contributed by atoms with van der Waals surface area (Å²) in [6.45, 7) is 3.98. The second kappa shape index (κ2) is 4.28. The van der Waals surface area contributed by atoms with E-state index in [0.717, 1.165) is 5.69 Å². The summed E-state index contributed by atoms with van der Waals surface area (Å²) < 4.78 is 4.97. The Bertz CT molecular complexity index is 294. The minimum atomic E-state index is -0.726. The van der Waals surface area contributed by atoms with E-state index in [0.29, 0.717) is 12.4 Å². The molecule has 0 radical (unpaired) electrons. The summed E-state index contributed by atoms with van der Waals surface area (Å²) in [7, 11) is 1.57. The summed E-state index contributed by atoms with van der Waals surface area (Å²) in [6.07, 6.45) is 1.66. The summed E-state index contributed by atoms with van der Waals surface area (Å²) in [5, 5.41) is 12.6. The van der Waals surface area contributed by atoms with E-state index in [4.69, 9.17) is 4.74 Å². The van der Waals surface area contributed by atoms with Crippen LogP contribution in [0.15, 0.2) is 18.3 Å². The Morgan fingerprint density at radius 3 is 2.86 bits per heavy atom. The van der Waals surface area contributed by atoms with Gasteiger partial charge in [0.05, 0.1) is 12.7 Å². The van der Waals surface area contributed by atoms with Crippen molar-refractivity contribution < 1.29 is 9.84 Å². The van der Waals surface area contributed by atoms with E-state index >= 15 is 0 Å². The summed E-state index contributed by atoms with van der Waals surface area (Å²) >= 11 is 0. The Balaban J connectivity index is 2.59. The zero-order valence-corrected chi connectivity index (χ0v) is 8.74. The maximum Gasteiger partial charge on any atom is 0.214 e. The van der Waals surface area contributed by atoms with Crippen LogP contribution in [-0.2, 0) is 0 Å². The number of aliphatic hydroxyl groups is 1. The molecule has 4 heteroatoms. The quantitative estimate of drug-likeness (QED) is 0.761. The topological polar surface area (TPSA) is 54.4 Å². The number of hydrogen-bond donors (Lipinski definition) is 2.